The molecule has 0 saturated carbocycles. The van der Waals surface area contributed by atoms with Crippen LogP contribution in [0.25, 0.3) is 0 Å². The molecule has 2 heteroatoms. The van der Waals surface area contributed by atoms with Gasteiger partial charge in [-0.05, 0) is 0 Å². The van der Waals surface area contributed by atoms with Gasteiger partial charge in [0.25, 0.3) is 0 Å². The summed E-state index contributed by atoms with van der Waals surface area (Å²) in [5, 5.41) is 0. The molecule has 0 heterocycles. The van der Waals surface area contributed by atoms with Crippen molar-refractivity contribution in [2.75, 3.05) is 0 Å². The van der Waals surface area contributed by atoms with Crippen molar-refractivity contribution in [2.45, 2.75) is 19.6 Å². The Balaban J connectivity index is -0.0000000150. The van der Waals surface area contributed by atoms with E-state index >= 15 is 0 Å². The molecule has 0 nitrogen and oxygen atoms in total. The van der Waals surface area contributed by atoms with Crippen molar-refractivity contribution in [3.8, 4) is 0 Å². The Morgan fingerprint density at radius 3 is 1.20 bits per heavy atom. The van der Waals surface area contributed by atoms with Crippen LogP contribution in [0.1, 0.15) is 2.85 Å². The summed E-state index contributed by atoms with van der Waals surface area (Å²) >= 11 is 0. The summed E-state index contributed by atoms with van der Waals surface area (Å²) in [6.07, 6.45) is 0. The first-order chi connectivity index (χ1) is 1.73. The second-order valence-electron chi connectivity index (χ2n) is 1.50. The fraction of sp³-hybridized carbons (Fsp3) is 1.00. The Morgan fingerprint density at radius 2 is 1.20 bits per heavy atom. The molecule has 0 aliphatic heterocycles. The molecule has 0 saturated heterocycles. The molecule has 5 heavy (non-hydrogen) atoms. The van der Waals surface area contributed by atoms with E-state index in [0.717, 1.165) is 0 Å². The summed E-state index contributed by atoms with van der Waals surface area (Å²) in [6, 6.07) is 0. The van der Waals surface area contributed by atoms with Crippen molar-refractivity contribution in [1.29, 1.82) is 0 Å². The van der Waals surface area contributed by atoms with Gasteiger partial charge in [0.1, 0.15) is 0 Å². The number of rotatable bonds is 0. The van der Waals surface area contributed by atoms with Crippen LogP contribution in [0.15, 0.2) is 0 Å². The molecule has 0 fully saturated rings. The molecule has 1 radical (unpaired) electrons. The molecule has 0 rings (SSSR count). The summed E-state index contributed by atoms with van der Waals surface area (Å²) in [5.74, 6) is 0. The van der Waals surface area contributed by atoms with E-state index in [1.807, 2.05) is 0 Å². The average molecular weight is 99.5 g/mol. The third-order valence-electron chi connectivity index (χ3n) is 0. The van der Waals surface area contributed by atoms with Crippen LogP contribution in [0, 0.1) is 0 Å². The van der Waals surface area contributed by atoms with Crippen LogP contribution >= 0.6 is 0 Å². The zero-order chi connectivity index (χ0) is 3.58. The fourth-order valence-corrected chi connectivity index (χ4v) is 0. The zero-order valence-electron chi connectivity index (χ0n) is 6.21. The topological polar surface area (TPSA) is 0 Å². The van der Waals surface area contributed by atoms with E-state index in [1.54, 1.807) is 0 Å². The van der Waals surface area contributed by atoms with Crippen molar-refractivity contribution in [3.05, 3.63) is 0 Å². The fourth-order valence-electron chi connectivity index (χ4n) is 0. The quantitative estimate of drug-likeness (QED) is 0.401. The van der Waals surface area contributed by atoms with Gasteiger partial charge in [0.2, 0.25) is 0 Å². The van der Waals surface area contributed by atoms with E-state index in [4.69, 9.17) is 0 Å². The second-order valence-corrected chi connectivity index (χ2v) is 4.50. The molecular formula is C3H11MgSi. The molecule has 29 valence electrons. The third kappa shape index (κ3) is 45.9. The normalized spacial score (nSPS) is 7.20. The monoisotopic (exact) mass is 99.0 g/mol. The molecule has 0 amide bonds. The van der Waals surface area contributed by atoms with Gasteiger partial charge in [-0.3, -0.25) is 0 Å². The van der Waals surface area contributed by atoms with Crippen molar-refractivity contribution < 1.29 is 2.85 Å². The third-order valence-corrected chi connectivity index (χ3v) is 0. The van der Waals surface area contributed by atoms with Gasteiger partial charge in [-0.15, -0.1) is 0 Å². The second kappa shape index (κ2) is 4.98. The van der Waals surface area contributed by atoms with Crippen LogP contribution in [0.5, 0.6) is 0 Å². The van der Waals surface area contributed by atoms with Crippen LogP contribution in [0.3, 0.4) is 0 Å². The summed E-state index contributed by atoms with van der Waals surface area (Å²) in [4.78, 5) is 0. The van der Waals surface area contributed by atoms with E-state index < -0.39 is 0 Å². The van der Waals surface area contributed by atoms with E-state index in [0.29, 0.717) is 0 Å². The summed E-state index contributed by atoms with van der Waals surface area (Å²) in [5.41, 5.74) is 0. The Labute approximate surface area is 54.7 Å². The minimum absolute atomic E-state index is 0. The Bertz CT molecular complexity index is 17.7. The average Bonchev–Trinajstić information content (AvgIpc) is 0.811. The number of hydrogen-bond donors (Lipinski definition) is 0. The van der Waals surface area contributed by atoms with Crippen LogP contribution < -0.4 is 0 Å². The van der Waals surface area contributed by atoms with Crippen LogP contribution in [-0.4, -0.2) is 31.8 Å². The van der Waals surface area contributed by atoms with Crippen LogP contribution in [-0.2, 0) is 0 Å². The van der Waals surface area contributed by atoms with Crippen molar-refractivity contribution in [2.24, 2.45) is 0 Å². The maximum atomic E-state index is 2.27. The molecule has 0 N–H and O–H groups in total. The van der Waals surface area contributed by atoms with Gasteiger partial charge in [-0.25, -0.2) is 0 Å². The molecule has 0 aromatic rings. The summed E-state index contributed by atoms with van der Waals surface area (Å²) < 4.78 is 0. The Kier molecular flexibility index (Phi) is 9.33. The smallest absolute Gasteiger partial charge is 1.00 e. The maximum Gasteiger partial charge on any atom is 2.00 e. The maximum absolute atomic E-state index is 2.27. The minimum Gasteiger partial charge on any atom is -1.00 e. The predicted molar refractivity (Wildman–Crippen MR) is 31.3 cm³/mol. The molecule has 0 aliphatic rings. The Hall–Kier alpha value is 0.983. The standard InChI is InChI=1S/C3H9Si.Mg.2H/c1-4(2)3;;;/h1-3H3;;;/q;+2;2*-1. The first-order valence-corrected chi connectivity index (χ1v) is 4.50. The van der Waals surface area contributed by atoms with Crippen LogP contribution in [0.4, 0.5) is 0 Å². The largest absolute Gasteiger partial charge is 2.00 e. The van der Waals surface area contributed by atoms with E-state index in [2.05, 4.69) is 19.6 Å². The summed E-state index contributed by atoms with van der Waals surface area (Å²) in [6.45, 7) is 6.81. The first-order valence-electron chi connectivity index (χ1n) is 1.50. The van der Waals surface area contributed by atoms with Crippen molar-refractivity contribution >= 4 is 31.8 Å². The predicted octanol–water partition coefficient (Wildman–Crippen LogP) is 1.21. The van der Waals surface area contributed by atoms with Gasteiger partial charge in [0, 0.05) is 8.80 Å². The van der Waals surface area contributed by atoms with Gasteiger partial charge < -0.3 is 2.85 Å². The molecule has 0 aliphatic carbocycles. The molecular weight excluding hydrogens is 88.4 g/mol. The minimum atomic E-state index is 0. The zero-order valence-corrected chi connectivity index (χ0v) is 6.62. The Morgan fingerprint density at radius 1 is 1.20 bits per heavy atom. The molecule has 0 bridgehead atoms. The van der Waals surface area contributed by atoms with Gasteiger partial charge in [-0.2, -0.15) is 0 Å². The summed E-state index contributed by atoms with van der Waals surface area (Å²) in [7, 11) is 0.120. The van der Waals surface area contributed by atoms with E-state index in [1.165, 1.54) is 0 Å². The molecule has 0 atom stereocenters. The molecule has 0 unspecified atom stereocenters. The van der Waals surface area contributed by atoms with E-state index in [9.17, 15) is 0 Å². The van der Waals surface area contributed by atoms with Crippen LogP contribution in [0.2, 0.25) is 19.6 Å². The van der Waals surface area contributed by atoms with Gasteiger partial charge in [0.05, 0.1) is 0 Å². The van der Waals surface area contributed by atoms with Gasteiger partial charge in [-0.1, -0.05) is 19.6 Å². The number of hydrogen-bond acceptors (Lipinski definition) is 0. The van der Waals surface area contributed by atoms with Crippen molar-refractivity contribution in [1.82, 2.24) is 0 Å². The molecule has 0 aromatic heterocycles. The van der Waals surface area contributed by atoms with Gasteiger partial charge in [0.15, 0.2) is 0 Å². The SMILES string of the molecule is C[Si](C)C.[H-].[H-].[Mg+2]. The van der Waals surface area contributed by atoms with E-state index in [-0.39, 0.29) is 34.7 Å². The first kappa shape index (κ1) is 9.36. The molecule has 0 spiro atoms. The van der Waals surface area contributed by atoms with Crippen molar-refractivity contribution in [3.63, 3.8) is 0 Å². The van der Waals surface area contributed by atoms with Gasteiger partial charge >= 0.3 is 23.1 Å². The molecule has 0 aromatic carbocycles.